The van der Waals surface area contributed by atoms with E-state index in [-0.39, 0.29) is 11.5 Å². The van der Waals surface area contributed by atoms with Gasteiger partial charge < -0.3 is 22.5 Å². The molecule has 0 aliphatic heterocycles. The Kier molecular flexibility index (Phi) is 7.96. The molecule has 0 saturated heterocycles. The molecule has 0 aromatic carbocycles. The lowest BCUT2D eigenvalue weighted by atomic mass is 9.79. The van der Waals surface area contributed by atoms with Crippen molar-refractivity contribution in [1.82, 2.24) is 15.3 Å². The summed E-state index contributed by atoms with van der Waals surface area (Å²) in [6, 6.07) is 8.78. The topological polar surface area (TPSA) is 158 Å². The van der Waals surface area contributed by atoms with Gasteiger partial charge in [-0.1, -0.05) is 6.07 Å². The van der Waals surface area contributed by atoms with Crippen LogP contribution in [0.3, 0.4) is 0 Å². The number of carbonyl (C=O) groups excluding carboxylic acids is 1. The van der Waals surface area contributed by atoms with Crippen LogP contribution in [0.1, 0.15) is 31.4 Å². The smallest absolute Gasteiger partial charge is 0.233 e. The first-order valence-corrected chi connectivity index (χ1v) is 10.5. The number of nitrogens with two attached hydrogens (primary N) is 3. The number of rotatable bonds is 9. The summed E-state index contributed by atoms with van der Waals surface area (Å²) >= 11 is 0. The third-order valence-corrected chi connectivity index (χ3v) is 5.69. The second kappa shape index (κ2) is 10.9. The van der Waals surface area contributed by atoms with Gasteiger partial charge in [0.1, 0.15) is 11.8 Å². The lowest BCUT2D eigenvalue weighted by Crippen LogP contribution is -2.45. The zero-order valence-corrected chi connectivity index (χ0v) is 17.8. The van der Waals surface area contributed by atoms with E-state index in [1.54, 1.807) is 6.20 Å². The van der Waals surface area contributed by atoms with E-state index in [0.717, 1.165) is 37.4 Å². The van der Waals surface area contributed by atoms with Crippen LogP contribution in [0.5, 0.6) is 0 Å². The lowest BCUT2D eigenvalue weighted by molar-refractivity contribution is -0.118. The van der Waals surface area contributed by atoms with Crippen molar-refractivity contribution in [2.75, 3.05) is 6.54 Å². The molecule has 1 atom stereocenters. The van der Waals surface area contributed by atoms with Gasteiger partial charge in [-0.3, -0.25) is 14.8 Å². The Balaban J connectivity index is 1.63. The highest BCUT2D eigenvalue weighted by atomic mass is 19.1. The minimum atomic E-state index is -1.02. The summed E-state index contributed by atoms with van der Waals surface area (Å²) in [6.45, 7) is 1.05. The molecule has 1 unspecified atom stereocenters. The van der Waals surface area contributed by atoms with Gasteiger partial charge in [0.2, 0.25) is 11.9 Å². The Morgan fingerprint density at radius 3 is 2.66 bits per heavy atom. The number of amidine groups is 1. The molecule has 7 N–H and O–H groups in total. The summed E-state index contributed by atoms with van der Waals surface area (Å²) < 4.78 is 13.3. The summed E-state index contributed by atoms with van der Waals surface area (Å²) in [6.07, 6.45) is 7.77. The van der Waals surface area contributed by atoms with Gasteiger partial charge in [-0.25, -0.2) is 9.98 Å². The van der Waals surface area contributed by atoms with Gasteiger partial charge >= 0.3 is 0 Å². The van der Waals surface area contributed by atoms with Gasteiger partial charge in [-0.15, -0.1) is 0 Å². The minimum absolute atomic E-state index is 0.0651. The van der Waals surface area contributed by atoms with Crippen molar-refractivity contribution in [2.24, 2.45) is 33.1 Å². The predicted molar refractivity (Wildman–Crippen MR) is 122 cm³/mol. The second-order valence-corrected chi connectivity index (χ2v) is 7.94. The van der Waals surface area contributed by atoms with Crippen molar-refractivity contribution in [1.29, 1.82) is 0 Å². The summed E-state index contributed by atoms with van der Waals surface area (Å²) in [7, 11) is 0. The summed E-state index contributed by atoms with van der Waals surface area (Å²) in [5.74, 6) is -2.47. The highest BCUT2D eigenvalue weighted by Crippen LogP contribution is 2.31. The summed E-state index contributed by atoms with van der Waals surface area (Å²) in [5, 5.41) is 3.53. The SMILES string of the molecule is NCC1(N=CC(C(N)=O)C(N)=Nc2ccnc(F)c2)CCC(NCc2ccccn2)CC1. The van der Waals surface area contributed by atoms with Crippen molar-refractivity contribution in [3.05, 3.63) is 54.4 Å². The molecule has 1 fully saturated rings. The molecule has 170 valence electrons. The van der Waals surface area contributed by atoms with Crippen molar-refractivity contribution in [3.63, 3.8) is 0 Å². The number of hydrogen-bond donors (Lipinski definition) is 4. The molecule has 3 rings (SSSR count). The summed E-state index contributed by atoms with van der Waals surface area (Å²) in [4.78, 5) is 28.5. The predicted octanol–water partition coefficient (Wildman–Crippen LogP) is 1.21. The summed E-state index contributed by atoms with van der Waals surface area (Å²) in [5.41, 5.74) is 18.3. The van der Waals surface area contributed by atoms with Gasteiger partial charge in [0.05, 0.1) is 16.9 Å². The maximum Gasteiger partial charge on any atom is 0.233 e. The molecule has 0 radical (unpaired) electrons. The first kappa shape index (κ1) is 23.4. The zero-order chi connectivity index (χ0) is 23.0. The highest BCUT2D eigenvalue weighted by Gasteiger charge is 2.34. The van der Waals surface area contributed by atoms with Crippen LogP contribution < -0.4 is 22.5 Å². The molecule has 32 heavy (non-hydrogen) atoms. The molecular weight excluding hydrogens is 411 g/mol. The Labute approximate surface area is 186 Å². The minimum Gasteiger partial charge on any atom is -0.386 e. The van der Waals surface area contributed by atoms with E-state index in [2.05, 4.69) is 25.3 Å². The van der Waals surface area contributed by atoms with Crippen LogP contribution in [0.4, 0.5) is 10.1 Å². The fourth-order valence-corrected chi connectivity index (χ4v) is 3.71. The third-order valence-electron chi connectivity index (χ3n) is 5.69. The number of amides is 1. The van der Waals surface area contributed by atoms with Gasteiger partial charge in [-0.05, 0) is 43.9 Å². The van der Waals surface area contributed by atoms with Crippen LogP contribution in [0.25, 0.3) is 0 Å². The number of hydrogen-bond acceptors (Lipinski definition) is 7. The number of nitrogens with one attached hydrogen (secondary N) is 1. The molecule has 0 spiro atoms. The number of nitrogens with zero attached hydrogens (tertiary/aromatic N) is 4. The van der Waals surface area contributed by atoms with E-state index < -0.39 is 23.3 Å². The third kappa shape index (κ3) is 6.38. The van der Waals surface area contributed by atoms with Crippen molar-refractivity contribution >= 4 is 23.6 Å². The first-order chi connectivity index (χ1) is 15.4. The molecular formula is C22H29FN8O. The van der Waals surface area contributed by atoms with Gasteiger partial charge in [0, 0.05) is 43.8 Å². The largest absolute Gasteiger partial charge is 0.386 e. The second-order valence-electron chi connectivity index (χ2n) is 7.94. The van der Waals surface area contributed by atoms with Gasteiger partial charge in [0.15, 0.2) is 0 Å². The number of halogens is 1. The molecule has 1 amide bonds. The number of aliphatic imine (C=N–C) groups is 2. The lowest BCUT2D eigenvalue weighted by Gasteiger charge is -2.37. The van der Waals surface area contributed by atoms with Crippen LogP contribution in [-0.4, -0.2) is 46.1 Å². The monoisotopic (exact) mass is 440 g/mol. The molecule has 2 heterocycles. The fourth-order valence-electron chi connectivity index (χ4n) is 3.71. The first-order valence-electron chi connectivity index (χ1n) is 10.5. The van der Waals surface area contributed by atoms with Crippen LogP contribution in [0.15, 0.2) is 52.7 Å². The number of primary amides is 1. The van der Waals surface area contributed by atoms with Crippen molar-refractivity contribution in [2.45, 2.75) is 43.8 Å². The molecule has 2 aromatic rings. The van der Waals surface area contributed by atoms with E-state index in [1.807, 2.05) is 18.2 Å². The molecule has 2 aromatic heterocycles. The quantitative estimate of drug-likeness (QED) is 0.261. The van der Waals surface area contributed by atoms with E-state index in [9.17, 15) is 9.18 Å². The van der Waals surface area contributed by atoms with E-state index >= 15 is 0 Å². The highest BCUT2D eigenvalue weighted by molar-refractivity contribution is 6.14. The van der Waals surface area contributed by atoms with Crippen molar-refractivity contribution in [3.8, 4) is 0 Å². The Hall–Kier alpha value is -3.24. The Morgan fingerprint density at radius 1 is 1.25 bits per heavy atom. The Morgan fingerprint density at radius 2 is 2.03 bits per heavy atom. The number of aromatic nitrogens is 2. The molecule has 9 nitrogen and oxygen atoms in total. The van der Waals surface area contributed by atoms with Crippen molar-refractivity contribution < 1.29 is 9.18 Å². The zero-order valence-electron chi connectivity index (χ0n) is 17.8. The fraction of sp³-hybridized carbons (Fsp3) is 0.409. The van der Waals surface area contributed by atoms with Crippen LogP contribution >= 0.6 is 0 Å². The van der Waals surface area contributed by atoms with Crippen LogP contribution in [-0.2, 0) is 11.3 Å². The molecule has 1 aliphatic carbocycles. The van der Waals surface area contributed by atoms with Gasteiger partial charge in [0.25, 0.3) is 0 Å². The van der Waals surface area contributed by atoms with E-state index in [4.69, 9.17) is 17.2 Å². The normalized spacial score (nSPS) is 22.7. The number of carbonyl (C=O) groups is 1. The average molecular weight is 441 g/mol. The Bertz CT molecular complexity index is 957. The maximum absolute atomic E-state index is 13.3. The molecule has 0 bridgehead atoms. The van der Waals surface area contributed by atoms with Crippen LogP contribution in [0.2, 0.25) is 0 Å². The number of pyridine rings is 2. The van der Waals surface area contributed by atoms with Crippen LogP contribution in [0, 0.1) is 11.9 Å². The standard InChI is InChI=1S/C22H29FN8O/c23-19-11-16(6-10-28-19)31-20(25)18(21(26)32)13-30-22(14-24)7-4-15(5-8-22)29-12-17-3-1-2-9-27-17/h1-3,6,9-11,13,15,18,29H,4-5,7-8,12,14,24H2,(H2,26,32)(H2,25,28,31). The molecule has 1 saturated carbocycles. The average Bonchev–Trinajstić information content (AvgIpc) is 2.79. The van der Waals surface area contributed by atoms with E-state index in [1.165, 1.54) is 18.5 Å². The maximum atomic E-state index is 13.3. The molecule has 1 aliphatic rings. The van der Waals surface area contributed by atoms with E-state index in [0.29, 0.717) is 19.1 Å². The van der Waals surface area contributed by atoms with Gasteiger partial charge in [-0.2, -0.15) is 4.39 Å². The molecule has 10 heteroatoms.